The lowest BCUT2D eigenvalue weighted by molar-refractivity contribution is -0.138. The molecule has 0 atom stereocenters. The zero-order valence-corrected chi connectivity index (χ0v) is 12.7. The number of piperazine rings is 1. The van der Waals surface area contributed by atoms with Crippen LogP contribution < -0.4 is 5.32 Å². The fourth-order valence-electron chi connectivity index (χ4n) is 2.30. The summed E-state index contributed by atoms with van der Waals surface area (Å²) in [5.74, 6) is -1.11. The highest BCUT2D eigenvalue weighted by atomic mass is 19.4. The molecule has 0 aliphatic carbocycles. The van der Waals surface area contributed by atoms with Crippen molar-refractivity contribution in [1.82, 2.24) is 9.80 Å². The number of nitrogens with one attached hydrogen (secondary N) is 1. The summed E-state index contributed by atoms with van der Waals surface area (Å²) in [5.41, 5.74) is -0.898. The number of halogens is 3. The highest BCUT2D eigenvalue weighted by Crippen LogP contribution is 2.30. The van der Waals surface area contributed by atoms with E-state index < -0.39 is 30.0 Å². The molecule has 0 aromatic heterocycles. The molecular weight excluding hydrogens is 327 g/mol. The second kappa shape index (κ2) is 7.33. The van der Waals surface area contributed by atoms with Crippen molar-refractivity contribution in [1.29, 1.82) is 0 Å². The van der Waals surface area contributed by atoms with E-state index in [1.807, 2.05) is 0 Å². The Bertz CT molecular complexity index is 626. The minimum atomic E-state index is -4.51. The summed E-state index contributed by atoms with van der Waals surface area (Å²) in [6.07, 6.45) is -4.27. The van der Waals surface area contributed by atoms with Gasteiger partial charge in [0.05, 0.1) is 5.56 Å². The molecule has 0 radical (unpaired) electrons. The van der Waals surface area contributed by atoms with Gasteiger partial charge in [0.2, 0.25) is 18.2 Å². The van der Waals surface area contributed by atoms with Crippen molar-refractivity contribution in [3.8, 4) is 0 Å². The lowest BCUT2D eigenvalue weighted by atomic mass is 10.2. The second-order valence-electron chi connectivity index (χ2n) is 5.33. The number of hydrogen-bond donors (Lipinski definition) is 1. The van der Waals surface area contributed by atoms with Crippen LogP contribution in [0.4, 0.5) is 18.9 Å². The van der Waals surface area contributed by atoms with Gasteiger partial charge in [0.15, 0.2) is 0 Å². The van der Waals surface area contributed by atoms with Crippen molar-refractivity contribution >= 4 is 23.9 Å². The number of rotatable bonds is 4. The monoisotopic (exact) mass is 343 g/mol. The van der Waals surface area contributed by atoms with Crippen molar-refractivity contribution in [2.24, 2.45) is 0 Å². The molecule has 2 rings (SSSR count). The molecule has 130 valence electrons. The third-order valence-corrected chi connectivity index (χ3v) is 3.60. The Morgan fingerprint density at radius 2 is 1.83 bits per heavy atom. The Kier molecular flexibility index (Phi) is 5.42. The quantitative estimate of drug-likeness (QED) is 0.662. The number of hydrogen-bond acceptors (Lipinski definition) is 3. The Hall–Kier alpha value is -2.58. The SMILES string of the molecule is O=CN1CCN(C(=O)CC(=O)Nc2cccc(C(F)(F)F)c2)CC1. The molecule has 1 aromatic rings. The highest BCUT2D eigenvalue weighted by Gasteiger charge is 2.30. The van der Waals surface area contributed by atoms with E-state index in [1.54, 1.807) is 0 Å². The zero-order valence-electron chi connectivity index (χ0n) is 12.7. The Balaban J connectivity index is 1.89. The van der Waals surface area contributed by atoms with Gasteiger partial charge in [-0.05, 0) is 18.2 Å². The number of carbonyl (C=O) groups is 3. The van der Waals surface area contributed by atoms with Crippen molar-refractivity contribution in [3.05, 3.63) is 29.8 Å². The van der Waals surface area contributed by atoms with Gasteiger partial charge < -0.3 is 15.1 Å². The maximum Gasteiger partial charge on any atom is 0.416 e. The van der Waals surface area contributed by atoms with Crippen LogP contribution in [0.5, 0.6) is 0 Å². The first kappa shape index (κ1) is 17.8. The van der Waals surface area contributed by atoms with E-state index in [9.17, 15) is 27.6 Å². The van der Waals surface area contributed by atoms with Gasteiger partial charge in [-0.15, -0.1) is 0 Å². The van der Waals surface area contributed by atoms with Gasteiger partial charge in [-0.3, -0.25) is 14.4 Å². The van der Waals surface area contributed by atoms with Crippen LogP contribution >= 0.6 is 0 Å². The molecule has 1 aromatic carbocycles. The molecular formula is C15H16F3N3O3. The second-order valence-corrected chi connectivity index (χ2v) is 5.33. The summed E-state index contributed by atoms with van der Waals surface area (Å²) in [6.45, 7) is 1.44. The molecule has 24 heavy (non-hydrogen) atoms. The molecule has 0 spiro atoms. The van der Waals surface area contributed by atoms with E-state index in [0.29, 0.717) is 32.6 Å². The first-order chi connectivity index (χ1) is 11.3. The average Bonchev–Trinajstić information content (AvgIpc) is 2.54. The molecule has 1 fully saturated rings. The summed E-state index contributed by atoms with van der Waals surface area (Å²) in [7, 11) is 0. The van der Waals surface area contributed by atoms with Gasteiger partial charge in [-0.2, -0.15) is 13.2 Å². The van der Waals surface area contributed by atoms with Crippen LogP contribution in [0.15, 0.2) is 24.3 Å². The molecule has 1 N–H and O–H groups in total. The number of alkyl halides is 3. The normalized spacial score (nSPS) is 15.1. The maximum absolute atomic E-state index is 12.6. The standard InChI is InChI=1S/C15H16F3N3O3/c16-15(17,18)11-2-1-3-12(8-11)19-13(23)9-14(24)21-6-4-20(10-22)5-7-21/h1-3,8,10H,4-7,9H2,(H,19,23). The predicted molar refractivity (Wildman–Crippen MR) is 78.9 cm³/mol. The van der Waals surface area contributed by atoms with Crippen LogP contribution in [0, 0.1) is 0 Å². The van der Waals surface area contributed by atoms with E-state index in [4.69, 9.17) is 0 Å². The molecule has 1 aliphatic rings. The van der Waals surface area contributed by atoms with Crippen LogP contribution in [-0.2, 0) is 20.6 Å². The first-order valence-electron chi connectivity index (χ1n) is 7.24. The van der Waals surface area contributed by atoms with Crippen LogP contribution in [0.2, 0.25) is 0 Å². The van der Waals surface area contributed by atoms with Crippen molar-refractivity contribution < 1.29 is 27.6 Å². The minimum absolute atomic E-state index is 0.0200. The van der Waals surface area contributed by atoms with E-state index >= 15 is 0 Å². The number of carbonyl (C=O) groups excluding carboxylic acids is 3. The molecule has 0 unspecified atom stereocenters. The first-order valence-corrected chi connectivity index (χ1v) is 7.24. The summed E-state index contributed by atoms with van der Waals surface area (Å²) in [4.78, 5) is 37.4. The van der Waals surface area contributed by atoms with Crippen molar-refractivity contribution in [2.75, 3.05) is 31.5 Å². The fraction of sp³-hybridized carbons (Fsp3) is 0.400. The summed E-state index contributed by atoms with van der Waals surface area (Å²) >= 11 is 0. The lowest BCUT2D eigenvalue weighted by Gasteiger charge is -2.32. The topological polar surface area (TPSA) is 69.7 Å². The van der Waals surface area contributed by atoms with Crippen LogP contribution in [0.1, 0.15) is 12.0 Å². The smallest absolute Gasteiger partial charge is 0.342 e. The fourth-order valence-corrected chi connectivity index (χ4v) is 2.30. The Labute approximate surface area is 136 Å². The van der Waals surface area contributed by atoms with Gasteiger partial charge in [-0.1, -0.05) is 6.07 Å². The molecule has 6 nitrogen and oxygen atoms in total. The van der Waals surface area contributed by atoms with Crippen LogP contribution in [-0.4, -0.2) is 54.2 Å². The van der Waals surface area contributed by atoms with Gasteiger partial charge >= 0.3 is 6.18 Å². The van der Waals surface area contributed by atoms with Gasteiger partial charge in [0.25, 0.3) is 0 Å². The Morgan fingerprint density at radius 1 is 1.17 bits per heavy atom. The molecule has 1 aliphatic heterocycles. The number of nitrogens with zero attached hydrogens (tertiary/aromatic N) is 2. The third-order valence-electron chi connectivity index (χ3n) is 3.60. The largest absolute Gasteiger partial charge is 0.416 e. The number of benzene rings is 1. The summed E-state index contributed by atoms with van der Waals surface area (Å²) < 4.78 is 37.9. The van der Waals surface area contributed by atoms with E-state index in [-0.39, 0.29) is 5.69 Å². The third kappa shape index (κ3) is 4.71. The molecule has 3 amide bonds. The molecule has 1 saturated heterocycles. The maximum atomic E-state index is 12.6. The van der Waals surface area contributed by atoms with E-state index in [1.165, 1.54) is 21.9 Å². The van der Waals surface area contributed by atoms with Gasteiger partial charge in [0.1, 0.15) is 6.42 Å². The average molecular weight is 343 g/mol. The summed E-state index contributed by atoms with van der Waals surface area (Å²) in [6, 6.07) is 4.21. The van der Waals surface area contributed by atoms with Crippen molar-refractivity contribution in [2.45, 2.75) is 12.6 Å². The van der Waals surface area contributed by atoms with E-state index in [2.05, 4.69) is 5.32 Å². The Morgan fingerprint density at radius 3 is 2.42 bits per heavy atom. The van der Waals surface area contributed by atoms with Crippen LogP contribution in [0.25, 0.3) is 0 Å². The minimum Gasteiger partial charge on any atom is -0.342 e. The highest BCUT2D eigenvalue weighted by molar-refractivity contribution is 6.03. The van der Waals surface area contributed by atoms with Gasteiger partial charge in [-0.25, -0.2) is 0 Å². The van der Waals surface area contributed by atoms with Crippen LogP contribution in [0.3, 0.4) is 0 Å². The molecule has 0 bridgehead atoms. The number of anilines is 1. The van der Waals surface area contributed by atoms with E-state index in [0.717, 1.165) is 12.1 Å². The van der Waals surface area contributed by atoms with Crippen molar-refractivity contribution in [3.63, 3.8) is 0 Å². The molecule has 9 heteroatoms. The zero-order chi connectivity index (χ0) is 17.7. The van der Waals surface area contributed by atoms with Gasteiger partial charge in [0, 0.05) is 31.9 Å². The molecule has 1 heterocycles. The number of amides is 3. The summed E-state index contributed by atoms with van der Waals surface area (Å²) in [5, 5.41) is 2.29. The molecule has 0 saturated carbocycles. The lowest BCUT2D eigenvalue weighted by Crippen LogP contribution is -2.48. The predicted octanol–water partition coefficient (Wildman–Crippen LogP) is 1.33.